The summed E-state index contributed by atoms with van der Waals surface area (Å²) >= 11 is 5.82. The van der Waals surface area contributed by atoms with Crippen molar-refractivity contribution in [2.24, 2.45) is 5.14 Å². The first kappa shape index (κ1) is 19.2. The van der Waals surface area contributed by atoms with Gasteiger partial charge in [0, 0.05) is 0 Å². The topological polar surface area (TPSA) is 86.5 Å². The number of alkyl halides is 3. The number of halogens is 4. The molecule has 10 heteroatoms. The first-order valence-electron chi connectivity index (χ1n) is 6.64. The van der Waals surface area contributed by atoms with E-state index in [-0.39, 0.29) is 21.0 Å². The van der Waals surface area contributed by atoms with Crippen LogP contribution in [0.25, 0.3) is 0 Å². The highest BCUT2D eigenvalue weighted by molar-refractivity contribution is 7.89. The van der Waals surface area contributed by atoms with Crippen LogP contribution < -0.4 is 5.14 Å². The predicted molar refractivity (Wildman–Crippen MR) is 83.4 cm³/mol. The fraction of sp³-hybridized carbons (Fsp3) is 0.133. The van der Waals surface area contributed by atoms with E-state index in [4.69, 9.17) is 21.5 Å². The Bertz CT molecular complexity index is 913. The number of carbonyl (C=O) groups excluding carboxylic acids is 1. The zero-order valence-corrected chi connectivity index (χ0v) is 14.0. The molecular weight excluding hydrogens is 383 g/mol. The molecule has 0 aliphatic carbocycles. The van der Waals surface area contributed by atoms with Gasteiger partial charge in [-0.1, -0.05) is 23.7 Å². The zero-order chi connectivity index (χ0) is 18.8. The fourth-order valence-corrected chi connectivity index (χ4v) is 2.64. The average molecular weight is 394 g/mol. The molecular formula is C15H11ClF3NO4S. The molecule has 0 fully saturated rings. The third-order valence-electron chi connectivity index (χ3n) is 3.11. The van der Waals surface area contributed by atoms with E-state index in [0.29, 0.717) is 0 Å². The van der Waals surface area contributed by atoms with Gasteiger partial charge in [0.15, 0.2) is 0 Å². The molecule has 0 saturated heterocycles. The molecule has 0 radical (unpaired) electrons. The van der Waals surface area contributed by atoms with E-state index in [2.05, 4.69) is 0 Å². The Labute approximate surface area is 146 Å². The van der Waals surface area contributed by atoms with Gasteiger partial charge in [-0.2, -0.15) is 13.2 Å². The Morgan fingerprint density at radius 2 is 1.84 bits per heavy atom. The van der Waals surface area contributed by atoms with E-state index in [1.54, 1.807) is 0 Å². The van der Waals surface area contributed by atoms with Crippen LogP contribution in [0.4, 0.5) is 13.2 Å². The van der Waals surface area contributed by atoms with E-state index in [1.165, 1.54) is 12.1 Å². The molecule has 2 aromatic rings. The predicted octanol–water partition coefficient (Wildman–Crippen LogP) is 3.36. The quantitative estimate of drug-likeness (QED) is 0.807. The van der Waals surface area contributed by atoms with Gasteiger partial charge in [-0.3, -0.25) is 0 Å². The van der Waals surface area contributed by atoms with E-state index in [0.717, 1.165) is 30.3 Å². The summed E-state index contributed by atoms with van der Waals surface area (Å²) < 4.78 is 65.5. The van der Waals surface area contributed by atoms with Crippen LogP contribution in [0.3, 0.4) is 0 Å². The smallest absolute Gasteiger partial charge is 0.416 e. The highest BCUT2D eigenvalue weighted by Crippen LogP contribution is 2.29. The largest absolute Gasteiger partial charge is 0.457 e. The second kappa shape index (κ2) is 7.03. The van der Waals surface area contributed by atoms with Gasteiger partial charge in [-0.25, -0.2) is 18.4 Å². The SMILES string of the molecule is NS(=O)(=O)c1ccc(Cl)c(C(=O)OCc2cccc(C(F)(F)F)c2)c1. The molecule has 2 N–H and O–H groups in total. The van der Waals surface area contributed by atoms with Crippen molar-refractivity contribution in [3.63, 3.8) is 0 Å². The first-order valence-corrected chi connectivity index (χ1v) is 8.56. The minimum atomic E-state index is -4.52. The Balaban J connectivity index is 2.19. The second-order valence-electron chi connectivity index (χ2n) is 4.96. The number of primary sulfonamides is 1. The van der Waals surface area contributed by atoms with Gasteiger partial charge in [-0.15, -0.1) is 0 Å². The van der Waals surface area contributed by atoms with Crippen molar-refractivity contribution in [1.82, 2.24) is 0 Å². The van der Waals surface area contributed by atoms with Crippen molar-refractivity contribution in [1.29, 1.82) is 0 Å². The molecule has 0 unspecified atom stereocenters. The summed E-state index contributed by atoms with van der Waals surface area (Å²) in [5.74, 6) is -0.993. The van der Waals surface area contributed by atoms with Crippen molar-refractivity contribution in [3.8, 4) is 0 Å². The van der Waals surface area contributed by atoms with Crippen molar-refractivity contribution in [2.75, 3.05) is 0 Å². The summed E-state index contributed by atoms with van der Waals surface area (Å²) in [6.45, 7) is -0.446. The number of hydrogen-bond donors (Lipinski definition) is 1. The molecule has 2 aromatic carbocycles. The van der Waals surface area contributed by atoms with Crippen LogP contribution in [0.1, 0.15) is 21.5 Å². The van der Waals surface area contributed by atoms with Crippen LogP contribution in [-0.4, -0.2) is 14.4 Å². The molecule has 0 saturated carbocycles. The standard InChI is InChI=1S/C15H11ClF3NO4S/c16-13-5-4-11(25(20,22)23)7-12(13)14(21)24-8-9-2-1-3-10(6-9)15(17,18)19/h1-7H,8H2,(H2,20,22,23). The number of esters is 1. The second-order valence-corrected chi connectivity index (χ2v) is 6.93. The molecule has 0 bridgehead atoms. The van der Waals surface area contributed by atoms with E-state index in [1.807, 2.05) is 0 Å². The van der Waals surface area contributed by atoms with Crippen molar-refractivity contribution >= 4 is 27.6 Å². The molecule has 0 heterocycles. The number of sulfonamides is 1. The van der Waals surface area contributed by atoms with Gasteiger partial charge in [0.05, 0.1) is 21.0 Å². The monoisotopic (exact) mass is 393 g/mol. The summed E-state index contributed by atoms with van der Waals surface area (Å²) in [6, 6.07) is 7.47. The summed E-state index contributed by atoms with van der Waals surface area (Å²) in [5.41, 5.74) is -1.03. The van der Waals surface area contributed by atoms with Crippen molar-refractivity contribution in [3.05, 3.63) is 64.2 Å². The van der Waals surface area contributed by atoms with Crippen LogP contribution in [0.15, 0.2) is 47.4 Å². The van der Waals surface area contributed by atoms with Gasteiger partial charge < -0.3 is 4.74 Å². The van der Waals surface area contributed by atoms with Gasteiger partial charge in [0.1, 0.15) is 6.61 Å². The maximum atomic E-state index is 12.6. The van der Waals surface area contributed by atoms with Crippen LogP contribution in [0, 0.1) is 0 Å². The maximum Gasteiger partial charge on any atom is 0.416 e. The van der Waals surface area contributed by atoms with E-state index >= 15 is 0 Å². The number of carbonyl (C=O) groups is 1. The number of rotatable bonds is 4. The van der Waals surface area contributed by atoms with Gasteiger partial charge in [0.2, 0.25) is 10.0 Å². The lowest BCUT2D eigenvalue weighted by molar-refractivity contribution is -0.137. The molecule has 0 aliphatic rings. The third-order valence-corrected chi connectivity index (χ3v) is 4.35. The lowest BCUT2D eigenvalue weighted by Gasteiger charge is -2.10. The molecule has 0 amide bonds. The molecule has 0 aliphatic heterocycles. The summed E-state index contributed by atoms with van der Waals surface area (Å²) in [7, 11) is -4.06. The van der Waals surface area contributed by atoms with Crippen LogP contribution >= 0.6 is 11.6 Å². The minimum Gasteiger partial charge on any atom is -0.457 e. The summed E-state index contributed by atoms with van der Waals surface area (Å²) in [6.07, 6.45) is -4.52. The number of ether oxygens (including phenoxy) is 1. The average Bonchev–Trinajstić information content (AvgIpc) is 2.51. The lowest BCUT2D eigenvalue weighted by atomic mass is 10.1. The Morgan fingerprint density at radius 3 is 2.44 bits per heavy atom. The van der Waals surface area contributed by atoms with Crippen LogP contribution in [-0.2, 0) is 27.5 Å². The molecule has 5 nitrogen and oxygen atoms in total. The minimum absolute atomic E-state index is 0.0820. The summed E-state index contributed by atoms with van der Waals surface area (Å²) in [5, 5.41) is 4.89. The molecule has 0 atom stereocenters. The Morgan fingerprint density at radius 1 is 1.16 bits per heavy atom. The number of benzene rings is 2. The van der Waals surface area contributed by atoms with E-state index < -0.39 is 34.3 Å². The normalized spacial score (nSPS) is 12.0. The zero-order valence-electron chi connectivity index (χ0n) is 12.4. The molecule has 0 spiro atoms. The third kappa shape index (κ3) is 4.94. The van der Waals surface area contributed by atoms with E-state index in [9.17, 15) is 26.4 Å². The first-order chi connectivity index (χ1) is 11.5. The molecule has 2 rings (SSSR count). The highest BCUT2D eigenvalue weighted by atomic mass is 35.5. The molecule has 25 heavy (non-hydrogen) atoms. The number of nitrogens with two attached hydrogens (primary N) is 1. The highest BCUT2D eigenvalue weighted by Gasteiger charge is 2.30. The Hall–Kier alpha value is -2.10. The van der Waals surface area contributed by atoms with Crippen molar-refractivity contribution < 1.29 is 31.1 Å². The lowest BCUT2D eigenvalue weighted by Crippen LogP contribution is -2.14. The maximum absolute atomic E-state index is 12.6. The van der Waals surface area contributed by atoms with Gasteiger partial charge in [-0.05, 0) is 35.9 Å². The number of hydrogen-bond acceptors (Lipinski definition) is 4. The van der Waals surface area contributed by atoms with Crippen LogP contribution in [0.5, 0.6) is 0 Å². The van der Waals surface area contributed by atoms with Gasteiger partial charge >= 0.3 is 12.1 Å². The van der Waals surface area contributed by atoms with Crippen molar-refractivity contribution in [2.45, 2.75) is 17.7 Å². The molecule has 134 valence electrons. The Kier molecular flexibility index (Phi) is 5.40. The molecule has 0 aromatic heterocycles. The van der Waals surface area contributed by atoms with Crippen LogP contribution in [0.2, 0.25) is 5.02 Å². The summed E-state index contributed by atoms with van der Waals surface area (Å²) in [4.78, 5) is 11.7. The van der Waals surface area contributed by atoms with Gasteiger partial charge in [0.25, 0.3) is 0 Å². The fourth-order valence-electron chi connectivity index (χ4n) is 1.90.